The van der Waals surface area contributed by atoms with Gasteiger partial charge in [-0.25, -0.2) is 0 Å². The molecule has 0 saturated carbocycles. The Morgan fingerprint density at radius 3 is 2.40 bits per heavy atom. The zero-order chi connectivity index (χ0) is 11.5. The van der Waals surface area contributed by atoms with Gasteiger partial charge >= 0.3 is 6.11 Å². The summed E-state index contributed by atoms with van der Waals surface area (Å²) in [7, 11) is 0. The van der Waals surface area contributed by atoms with E-state index in [4.69, 9.17) is 14.6 Å². The van der Waals surface area contributed by atoms with Crippen molar-refractivity contribution in [3.8, 4) is 0 Å². The zero-order valence-corrected chi connectivity index (χ0v) is 8.83. The second kappa shape index (κ2) is 4.69. The van der Waals surface area contributed by atoms with Gasteiger partial charge < -0.3 is 19.3 Å². The highest BCUT2D eigenvalue weighted by Gasteiger charge is 2.30. The van der Waals surface area contributed by atoms with Gasteiger partial charge in [0.15, 0.2) is 5.79 Å². The summed E-state index contributed by atoms with van der Waals surface area (Å²) in [5, 5.41) is 8.11. The van der Waals surface area contributed by atoms with Gasteiger partial charge in [-0.15, -0.1) is 0 Å². The Labute approximate surface area is 87.1 Å². The minimum Gasteiger partial charge on any atom is -0.372 e. The molecule has 0 aromatic carbocycles. The highest BCUT2D eigenvalue weighted by Crippen LogP contribution is 2.20. The second-order valence-corrected chi connectivity index (χ2v) is 4.07. The van der Waals surface area contributed by atoms with Crippen molar-refractivity contribution in [2.24, 2.45) is 5.92 Å². The third-order valence-electron chi connectivity index (χ3n) is 1.96. The van der Waals surface area contributed by atoms with Crippen LogP contribution in [0.4, 0.5) is 8.78 Å². The van der Waals surface area contributed by atoms with Crippen LogP contribution in [0.5, 0.6) is 0 Å². The molecule has 1 heterocycles. The number of alkyl halides is 2. The Kier molecular flexibility index (Phi) is 3.99. The minimum absolute atomic E-state index is 0.0691. The smallest absolute Gasteiger partial charge is 0.372 e. The standard InChI is InChI=1S/C9H16F2O4/c1-8(2)14-4-7(5-15-8)3-13-6-9(10,11)12/h7,12H,3-6H2,1-2H3. The summed E-state index contributed by atoms with van der Waals surface area (Å²) in [6.45, 7) is 3.48. The summed E-state index contributed by atoms with van der Waals surface area (Å²) in [5.74, 6) is -0.683. The SMILES string of the molecule is CC1(C)OCC(COCC(O)(F)F)CO1. The molecule has 4 nitrogen and oxygen atoms in total. The largest absolute Gasteiger partial charge is 0.376 e. The quantitative estimate of drug-likeness (QED) is 0.776. The van der Waals surface area contributed by atoms with E-state index in [-0.39, 0.29) is 12.5 Å². The van der Waals surface area contributed by atoms with Crippen LogP contribution in [0.25, 0.3) is 0 Å². The van der Waals surface area contributed by atoms with Gasteiger partial charge in [0.1, 0.15) is 6.61 Å². The van der Waals surface area contributed by atoms with E-state index in [2.05, 4.69) is 4.74 Å². The molecular weight excluding hydrogens is 210 g/mol. The van der Waals surface area contributed by atoms with Crippen molar-refractivity contribution in [2.75, 3.05) is 26.4 Å². The molecule has 0 atom stereocenters. The molecule has 1 saturated heterocycles. The lowest BCUT2D eigenvalue weighted by Gasteiger charge is -2.34. The predicted octanol–water partition coefficient (Wildman–Crippen LogP) is 0.987. The van der Waals surface area contributed by atoms with E-state index in [9.17, 15) is 8.78 Å². The lowest BCUT2D eigenvalue weighted by atomic mass is 10.1. The van der Waals surface area contributed by atoms with Crippen LogP contribution in [0.1, 0.15) is 13.8 Å². The topological polar surface area (TPSA) is 47.9 Å². The van der Waals surface area contributed by atoms with E-state index in [1.54, 1.807) is 13.8 Å². The van der Waals surface area contributed by atoms with Gasteiger partial charge in [-0.1, -0.05) is 0 Å². The average Bonchev–Trinajstić information content (AvgIpc) is 2.06. The Morgan fingerprint density at radius 2 is 1.93 bits per heavy atom. The van der Waals surface area contributed by atoms with Gasteiger partial charge in [0.2, 0.25) is 0 Å². The molecule has 0 radical (unpaired) electrons. The van der Waals surface area contributed by atoms with E-state index in [1.807, 2.05) is 0 Å². The number of ether oxygens (including phenoxy) is 3. The normalized spacial score (nSPS) is 23.0. The van der Waals surface area contributed by atoms with Crippen molar-refractivity contribution >= 4 is 0 Å². The molecule has 1 rings (SSSR count). The van der Waals surface area contributed by atoms with Crippen LogP contribution in [0, 0.1) is 5.92 Å². The summed E-state index contributed by atoms with van der Waals surface area (Å²) in [6.07, 6.45) is -3.77. The monoisotopic (exact) mass is 226 g/mol. The van der Waals surface area contributed by atoms with Crippen molar-refractivity contribution < 1.29 is 28.1 Å². The van der Waals surface area contributed by atoms with Crippen molar-refractivity contribution in [1.29, 1.82) is 0 Å². The fourth-order valence-electron chi connectivity index (χ4n) is 1.17. The fourth-order valence-corrected chi connectivity index (χ4v) is 1.17. The molecule has 1 aliphatic rings. The molecule has 1 fully saturated rings. The van der Waals surface area contributed by atoms with Crippen LogP contribution in [0.3, 0.4) is 0 Å². The van der Waals surface area contributed by atoms with Crippen LogP contribution < -0.4 is 0 Å². The number of rotatable bonds is 4. The molecule has 90 valence electrons. The maximum Gasteiger partial charge on any atom is 0.376 e. The first-order chi connectivity index (χ1) is 6.79. The van der Waals surface area contributed by atoms with Gasteiger partial charge in [0, 0.05) is 5.92 Å². The molecule has 0 spiro atoms. The first-order valence-corrected chi connectivity index (χ1v) is 4.74. The highest BCUT2D eigenvalue weighted by molar-refractivity contribution is 4.67. The van der Waals surface area contributed by atoms with Gasteiger partial charge in [0.05, 0.1) is 19.8 Å². The van der Waals surface area contributed by atoms with Crippen molar-refractivity contribution in [3.63, 3.8) is 0 Å². The third kappa shape index (κ3) is 5.36. The van der Waals surface area contributed by atoms with Gasteiger partial charge in [-0.2, -0.15) is 8.78 Å². The molecule has 1 N–H and O–H groups in total. The minimum atomic E-state index is -3.77. The maximum absolute atomic E-state index is 12.0. The van der Waals surface area contributed by atoms with Crippen molar-refractivity contribution in [2.45, 2.75) is 25.7 Å². The van der Waals surface area contributed by atoms with Gasteiger partial charge in [-0.3, -0.25) is 0 Å². The number of hydrogen-bond acceptors (Lipinski definition) is 4. The highest BCUT2D eigenvalue weighted by atomic mass is 19.3. The molecule has 0 aromatic heterocycles. The fraction of sp³-hybridized carbons (Fsp3) is 1.00. The van der Waals surface area contributed by atoms with E-state index in [1.165, 1.54) is 0 Å². The van der Waals surface area contributed by atoms with E-state index in [0.29, 0.717) is 13.2 Å². The molecule has 0 unspecified atom stereocenters. The van der Waals surface area contributed by atoms with Crippen LogP contribution in [-0.4, -0.2) is 43.4 Å². The number of hydrogen-bond donors (Lipinski definition) is 1. The van der Waals surface area contributed by atoms with Gasteiger partial charge in [-0.05, 0) is 13.8 Å². The molecule has 0 bridgehead atoms. The maximum atomic E-state index is 12.0. The first kappa shape index (κ1) is 12.8. The van der Waals surface area contributed by atoms with Crippen molar-refractivity contribution in [1.82, 2.24) is 0 Å². The summed E-state index contributed by atoms with van der Waals surface area (Å²) in [4.78, 5) is 0. The van der Waals surface area contributed by atoms with Crippen LogP contribution in [-0.2, 0) is 14.2 Å². The van der Waals surface area contributed by atoms with Crippen LogP contribution in [0.2, 0.25) is 0 Å². The third-order valence-corrected chi connectivity index (χ3v) is 1.96. The summed E-state index contributed by atoms with van der Waals surface area (Å²) >= 11 is 0. The number of aliphatic hydroxyl groups is 1. The first-order valence-electron chi connectivity index (χ1n) is 4.74. The summed E-state index contributed by atoms with van der Waals surface area (Å²) < 4.78 is 39.2. The van der Waals surface area contributed by atoms with Crippen LogP contribution in [0.15, 0.2) is 0 Å². The average molecular weight is 226 g/mol. The molecule has 0 aliphatic carbocycles. The molecule has 0 aromatic rings. The Balaban J connectivity index is 2.14. The molecule has 1 aliphatic heterocycles. The number of halogens is 2. The summed E-state index contributed by atoms with van der Waals surface area (Å²) in [6, 6.07) is 0. The van der Waals surface area contributed by atoms with Crippen molar-refractivity contribution in [3.05, 3.63) is 0 Å². The Hall–Kier alpha value is -0.300. The molecule has 0 amide bonds. The Bertz CT molecular complexity index is 193. The van der Waals surface area contributed by atoms with E-state index >= 15 is 0 Å². The van der Waals surface area contributed by atoms with Gasteiger partial charge in [0.25, 0.3) is 0 Å². The van der Waals surface area contributed by atoms with E-state index < -0.39 is 18.5 Å². The molecule has 15 heavy (non-hydrogen) atoms. The molecular formula is C9H16F2O4. The lowest BCUT2D eigenvalue weighted by Crippen LogP contribution is -2.41. The zero-order valence-electron chi connectivity index (χ0n) is 8.83. The Morgan fingerprint density at radius 1 is 1.40 bits per heavy atom. The molecule has 6 heteroatoms. The lowest BCUT2D eigenvalue weighted by molar-refractivity contribution is -0.274. The van der Waals surface area contributed by atoms with Crippen LogP contribution >= 0.6 is 0 Å². The summed E-state index contributed by atoms with van der Waals surface area (Å²) in [5.41, 5.74) is 0. The predicted molar refractivity (Wildman–Crippen MR) is 47.5 cm³/mol. The second-order valence-electron chi connectivity index (χ2n) is 4.07. The van der Waals surface area contributed by atoms with E-state index in [0.717, 1.165) is 0 Å².